The molecular formula is C11H13BrN2O3. The average molecular weight is 301 g/mol. The maximum Gasteiger partial charge on any atom is 0.321 e. The number of amides is 1. The second kappa shape index (κ2) is 5.79. The summed E-state index contributed by atoms with van der Waals surface area (Å²) in [6.45, 7) is 0. The minimum Gasteiger partial charge on any atom is -0.480 e. The van der Waals surface area contributed by atoms with Crippen LogP contribution in [0.2, 0.25) is 0 Å². The molecule has 0 fully saturated rings. The highest BCUT2D eigenvalue weighted by Crippen LogP contribution is 2.19. The predicted octanol–water partition coefficient (Wildman–Crippen LogP) is 1.21. The molecule has 92 valence electrons. The van der Waals surface area contributed by atoms with Crippen molar-refractivity contribution in [2.75, 3.05) is 11.9 Å². The van der Waals surface area contributed by atoms with Gasteiger partial charge in [0.1, 0.15) is 6.04 Å². The SMILES string of the molecule is CN(C(=O)CC(N)C(=O)O)c1cccc(Br)c1. The minimum atomic E-state index is -1.18. The summed E-state index contributed by atoms with van der Waals surface area (Å²) in [6, 6.07) is 5.99. The molecule has 0 aliphatic carbocycles. The van der Waals surface area contributed by atoms with Crippen LogP contribution in [0, 0.1) is 0 Å². The molecule has 1 atom stereocenters. The van der Waals surface area contributed by atoms with Gasteiger partial charge in [-0.05, 0) is 18.2 Å². The third-order valence-corrected chi connectivity index (χ3v) is 2.77. The van der Waals surface area contributed by atoms with Gasteiger partial charge >= 0.3 is 5.97 Å². The Morgan fingerprint density at radius 3 is 2.71 bits per heavy atom. The number of nitrogens with two attached hydrogens (primary N) is 1. The van der Waals surface area contributed by atoms with E-state index < -0.39 is 12.0 Å². The zero-order valence-electron chi connectivity index (χ0n) is 9.26. The molecule has 1 rings (SSSR count). The summed E-state index contributed by atoms with van der Waals surface area (Å²) in [7, 11) is 1.58. The first-order valence-corrected chi connectivity index (χ1v) is 5.71. The Bertz CT molecular complexity index is 436. The Labute approximate surface area is 107 Å². The van der Waals surface area contributed by atoms with Gasteiger partial charge in [-0.1, -0.05) is 22.0 Å². The number of carboxylic acids is 1. The van der Waals surface area contributed by atoms with Gasteiger partial charge < -0.3 is 15.7 Å². The van der Waals surface area contributed by atoms with E-state index in [-0.39, 0.29) is 12.3 Å². The van der Waals surface area contributed by atoms with Gasteiger partial charge in [0, 0.05) is 17.2 Å². The predicted molar refractivity (Wildman–Crippen MR) is 67.8 cm³/mol. The van der Waals surface area contributed by atoms with Crippen LogP contribution in [0.15, 0.2) is 28.7 Å². The van der Waals surface area contributed by atoms with Gasteiger partial charge in [-0.15, -0.1) is 0 Å². The molecular weight excluding hydrogens is 288 g/mol. The molecule has 1 aromatic rings. The summed E-state index contributed by atoms with van der Waals surface area (Å²) in [5, 5.41) is 8.62. The first-order valence-electron chi connectivity index (χ1n) is 4.92. The van der Waals surface area contributed by atoms with Crippen LogP contribution in [-0.2, 0) is 9.59 Å². The number of rotatable bonds is 4. The molecule has 6 heteroatoms. The van der Waals surface area contributed by atoms with Gasteiger partial charge in [0.25, 0.3) is 0 Å². The van der Waals surface area contributed by atoms with Crippen LogP contribution in [0.1, 0.15) is 6.42 Å². The maximum atomic E-state index is 11.7. The van der Waals surface area contributed by atoms with Crippen LogP contribution in [0.3, 0.4) is 0 Å². The number of hydrogen-bond acceptors (Lipinski definition) is 3. The summed E-state index contributed by atoms with van der Waals surface area (Å²) in [4.78, 5) is 23.7. The fourth-order valence-corrected chi connectivity index (χ4v) is 1.63. The fraction of sp³-hybridized carbons (Fsp3) is 0.273. The molecule has 0 aliphatic heterocycles. The lowest BCUT2D eigenvalue weighted by atomic mass is 10.2. The quantitative estimate of drug-likeness (QED) is 0.875. The van der Waals surface area contributed by atoms with Crippen LogP contribution in [-0.4, -0.2) is 30.1 Å². The van der Waals surface area contributed by atoms with Crippen LogP contribution in [0.5, 0.6) is 0 Å². The van der Waals surface area contributed by atoms with Gasteiger partial charge in [-0.3, -0.25) is 9.59 Å². The molecule has 1 aromatic carbocycles. The van der Waals surface area contributed by atoms with Crippen molar-refractivity contribution in [1.29, 1.82) is 0 Å². The Morgan fingerprint density at radius 2 is 2.18 bits per heavy atom. The summed E-state index contributed by atoms with van der Waals surface area (Å²) in [6.07, 6.45) is -0.224. The Morgan fingerprint density at radius 1 is 1.53 bits per heavy atom. The minimum absolute atomic E-state index is 0.224. The van der Waals surface area contributed by atoms with Gasteiger partial charge in [0.2, 0.25) is 5.91 Å². The van der Waals surface area contributed by atoms with Crippen LogP contribution in [0.25, 0.3) is 0 Å². The third-order valence-electron chi connectivity index (χ3n) is 2.28. The highest BCUT2D eigenvalue weighted by Gasteiger charge is 2.19. The lowest BCUT2D eigenvalue weighted by molar-refractivity contribution is -0.140. The highest BCUT2D eigenvalue weighted by molar-refractivity contribution is 9.10. The normalized spacial score (nSPS) is 11.9. The van der Waals surface area contributed by atoms with Crippen molar-refractivity contribution in [3.8, 4) is 0 Å². The average Bonchev–Trinajstić information content (AvgIpc) is 2.27. The highest BCUT2D eigenvalue weighted by atomic mass is 79.9. The van der Waals surface area contributed by atoms with Gasteiger partial charge in [-0.25, -0.2) is 0 Å². The van der Waals surface area contributed by atoms with Crippen molar-refractivity contribution in [2.24, 2.45) is 5.73 Å². The first kappa shape index (κ1) is 13.7. The molecule has 3 N–H and O–H groups in total. The molecule has 1 unspecified atom stereocenters. The van der Waals surface area contributed by atoms with E-state index in [2.05, 4.69) is 15.9 Å². The van der Waals surface area contributed by atoms with Crippen molar-refractivity contribution in [2.45, 2.75) is 12.5 Å². The lowest BCUT2D eigenvalue weighted by Gasteiger charge is -2.18. The Kier molecular flexibility index (Phi) is 4.65. The standard InChI is InChI=1S/C11H13BrN2O3/c1-14(8-4-2-3-7(12)5-8)10(15)6-9(13)11(16)17/h2-5,9H,6,13H2,1H3,(H,16,17). The van der Waals surface area contributed by atoms with E-state index in [1.165, 1.54) is 4.90 Å². The maximum absolute atomic E-state index is 11.7. The number of carbonyl (C=O) groups excluding carboxylic acids is 1. The summed E-state index contributed by atoms with van der Waals surface area (Å²) in [5.74, 6) is -1.51. The van der Waals surface area contributed by atoms with Crippen molar-refractivity contribution >= 4 is 33.5 Å². The monoisotopic (exact) mass is 300 g/mol. The molecule has 0 bridgehead atoms. The largest absolute Gasteiger partial charge is 0.480 e. The summed E-state index contributed by atoms with van der Waals surface area (Å²) in [5.41, 5.74) is 5.99. The van der Waals surface area contributed by atoms with E-state index in [0.29, 0.717) is 5.69 Å². The zero-order chi connectivity index (χ0) is 13.0. The second-order valence-electron chi connectivity index (χ2n) is 3.58. The van der Waals surface area contributed by atoms with E-state index >= 15 is 0 Å². The molecule has 5 nitrogen and oxygen atoms in total. The molecule has 0 saturated carbocycles. The first-order chi connectivity index (χ1) is 7.91. The van der Waals surface area contributed by atoms with Crippen LogP contribution < -0.4 is 10.6 Å². The van der Waals surface area contributed by atoms with Gasteiger partial charge in [0.05, 0.1) is 6.42 Å². The number of nitrogens with zero attached hydrogens (tertiary/aromatic N) is 1. The van der Waals surface area contributed by atoms with E-state index in [1.807, 2.05) is 6.07 Å². The van der Waals surface area contributed by atoms with E-state index in [4.69, 9.17) is 10.8 Å². The molecule has 0 heterocycles. The van der Waals surface area contributed by atoms with Crippen molar-refractivity contribution in [3.05, 3.63) is 28.7 Å². The molecule has 0 aromatic heterocycles. The summed E-state index contributed by atoms with van der Waals surface area (Å²) < 4.78 is 0.845. The number of carboxylic acid groups (broad SMARTS) is 1. The number of aliphatic carboxylic acids is 1. The number of anilines is 1. The fourth-order valence-electron chi connectivity index (χ4n) is 1.24. The van der Waals surface area contributed by atoms with Gasteiger partial charge in [-0.2, -0.15) is 0 Å². The molecule has 0 saturated heterocycles. The molecule has 0 radical (unpaired) electrons. The topological polar surface area (TPSA) is 83.6 Å². The number of carbonyl (C=O) groups is 2. The zero-order valence-corrected chi connectivity index (χ0v) is 10.8. The molecule has 0 spiro atoms. The summed E-state index contributed by atoms with van der Waals surface area (Å²) >= 11 is 3.30. The van der Waals surface area contributed by atoms with Crippen molar-refractivity contribution in [3.63, 3.8) is 0 Å². The molecule has 1 amide bonds. The number of benzene rings is 1. The lowest BCUT2D eigenvalue weighted by Crippen LogP contribution is -2.37. The third kappa shape index (κ3) is 3.83. The van der Waals surface area contributed by atoms with Crippen LogP contribution >= 0.6 is 15.9 Å². The Hall–Kier alpha value is -1.40. The van der Waals surface area contributed by atoms with Gasteiger partial charge in [0.15, 0.2) is 0 Å². The van der Waals surface area contributed by atoms with E-state index in [9.17, 15) is 9.59 Å². The number of hydrogen-bond donors (Lipinski definition) is 2. The smallest absolute Gasteiger partial charge is 0.321 e. The van der Waals surface area contributed by atoms with E-state index in [0.717, 1.165) is 4.47 Å². The Balaban J connectivity index is 2.73. The number of halogens is 1. The van der Waals surface area contributed by atoms with Crippen molar-refractivity contribution in [1.82, 2.24) is 0 Å². The van der Waals surface area contributed by atoms with E-state index in [1.54, 1.807) is 25.2 Å². The van der Waals surface area contributed by atoms with Crippen molar-refractivity contribution < 1.29 is 14.7 Å². The second-order valence-corrected chi connectivity index (χ2v) is 4.50. The molecule has 17 heavy (non-hydrogen) atoms. The molecule has 0 aliphatic rings. The van der Waals surface area contributed by atoms with Crippen LogP contribution in [0.4, 0.5) is 5.69 Å².